The van der Waals surface area contributed by atoms with Crippen molar-refractivity contribution >= 4 is 33.4 Å². The fraction of sp³-hybridized carbons (Fsp3) is 0.176. The van der Waals surface area contributed by atoms with Crippen molar-refractivity contribution in [3.05, 3.63) is 63.6 Å². The standard InChI is InChI=1S/C17H17BrN2O2/c1-11-9-15(18)7-8-16(11)20-17(22)14-5-3-13(4-6-14)10-19-12(2)21/h3-9H,10H2,1-2H3,(H,19,21)(H,20,22). The minimum Gasteiger partial charge on any atom is -0.352 e. The van der Waals surface area contributed by atoms with Crippen LogP contribution in [0.1, 0.15) is 28.4 Å². The van der Waals surface area contributed by atoms with Gasteiger partial charge in [-0.1, -0.05) is 28.1 Å². The highest BCUT2D eigenvalue weighted by atomic mass is 79.9. The first-order valence-electron chi connectivity index (χ1n) is 6.86. The first-order valence-corrected chi connectivity index (χ1v) is 7.66. The number of carbonyl (C=O) groups excluding carboxylic acids is 2. The summed E-state index contributed by atoms with van der Waals surface area (Å²) < 4.78 is 0.977. The summed E-state index contributed by atoms with van der Waals surface area (Å²) in [7, 11) is 0. The second kappa shape index (κ2) is 7.22. The molecule has 0 heterocycles. The minimum atomic E-state index is -0.156. The molecule has 0 saturated heterocycles. The van der Waals surface area contributed by atoms with Gasteiger partial charge in [0.1, 0.15) is 0 Å². The van der Waals surface area contributed by atoms with E-state index >= 15 is 0 Å². The summed E-state index contributed by atoms with van der Waals surface area (Å²) in [6.07, 6.45) is 0. The van der Waals surface area contributed by atoms with E-state index in [4.69, 9.17) is 0 Å². The van der Waals surface area contributed by atoms with E-state index in [1.54, 1.807) is 12.1 Å². The molecule has 0 fully saturated rings. The molecule has 5 heteroatoms. The lowest BCUT2D eigenvalue weighted by Gasteiger charge is -2.09. The van der Waals surface area contributed by atoms with Crippen molar-refractivity contribution in [3.63, 3.8) is 0 Å². The zero-order chi connectivity index (χ0) is 16.1. The molecule has 0 aliphatic carbocycles. The lowest BCUT2D eigenvalue weighted by atomic mass is 10.1. The molecule has 0 aromatic heterocycles. The van der Waals surface area contributed by atoms with Crippen molar-refractivity contribution in [3.8, 4) is 0 Å². The Morgan fingerprint density at radius 2 is 1.77 bits per heavy atom. The van der Waals surface area contributed by atoms with E-state index in [9.17, 15) is 9.59 Å². The number of benzene rings is 2. The summed E-state index contributed by atoms with van der Waals surface area (Å²) in [5.41, 5.74) is 3.31. The number of halogens is 1. The normalized spacial score (nSPS) is 10.1. The summed E-state index contributed by atoms with van der Waals surface area (Å²) in [6, 6.07) is 12.9. The van der Waals surface area contributed by atoms with Crippen LogP contribution < -0.4 is 10.6 Å². The number of anilines is 1. The van der Waals surface area contributed by atoms with E-state index in [1.807, 2.05) is 37.3 Å². The van der Waals surface area contributed by atoms with Gasteiger partial charge in [-0.15, -0.1) is 0 Å². The third-order valence-corrected chi connectivity index (χ3v) is 3.69. The van der Waals surface area contributed by atoms with Gasteiger partial charge in [-0.2, -0.15) is 0 Å². The molecule has 4 nitrogen and oxygen atoms in total. The van der Waals surface area contributed by atoms with Gasteiger partial charge in [-0.25, -0.2) is 0 Å². The van der Waals surface area contributed by atoms with Crippen LogP contribution in [0.3, 0.4) is 0 Å². The molecule has 2 rings (SSSR count). The zero-order valence-corrected chi connectivity index (χ0v) is 14.0. The fourth-order valence-electron chi connectivity index (χ4n) is 1.96. The molecule has 0 aliphatic rings. The van der Waals surface area contributed by atoms with Gasteiger partial charge in [0.25, 0.3) is 5.91 Å². The lowest BCUT2D eigenvalue weighted by molar-refractivity contribution is -0.119. The van der Waals surface area contributed by atoms with Crippen LogP contribution in [-0.4, -0.2) is 11.8 Å². The van der Waals surface area contributed by atoms with Crippen LogP contribution in [0.25, 0.3) is 0 Å². The molecule has 114 valence electrons. The molecule has 0 aliphatic heterocycles. The lowest BCUT2D eigenvalue weighted by Crippen LogP contribution is -2.19. The summed E-state index contributed by atoms with van der Waals surface area (Å²) >= 11 is 3.40. The molecule has 0 unspecified atom stereocenters. The van der Waals surface area contributed by atoms with Crippen LogP contribution in [0.4, 0.5) is 5.69 Å². The molecule has 0 saturated carbocycles. The van der Waals surface area contributed by atoms with Crippen LogP contribution in [0.2, 0.25) is 0 Å². The van der Waals surface area contributed by atoms with E-state index in [0.29, 0.717) is 12.1 Å². The van der Waals surface area contributed by atoms with Gasteiger partial charge in [0.15, 0.2) is 0 Å². The summed E-state index contributed by atoms with van der Waals surface area (Å²) in [5, 5.41) is 5.61. The average Bonchev–Trinajstić information content (AvgIpc) is 2.48. The minimum absolute atomic E-state index is 0.0764. The van der Waals surface area contributed by atoms with E-state index in [2.05, 4.69) is 26.6 Å². The van der Waals surface area contributed by atoms with Crippen LogP contribution in [0.15, 0.2) is 46.9 Å². The molecule has 22 heavy (non-hydrogen) atoms. The molecule has 0 radical (unpaired) electrons. The number of hydrogen-bond acceptors (Lipinski definition) is 2. The molecule has 0 spiro atoms. The number of rotatable bonds is 4. The van der Waals surface area contributed by atoms with Crippen molar-refractivity contribution in [2.45, 2.75) is 20.4 Å². The molecule has 2 amide bonds. The number of carbonyl (C=O) groups is 2. The maximum absolute atomic E-state index is 12.2. The van der Waals surface area contributed by atoms with Crippen LogP contribution in [0.5, 0.6) is 0 Å². The predicted molar refractivity (Wildman–Crippen MR) is 90.8 cm³/mol. The highest BCUT2D eigenvalue weighted by Crippen LogP contribution is 2.20. The third kappa shape index (κ3) is 4.43. The van der Waals surface area contributed by atoms with E-state index in [-0.39, 0.29) is 11.8 Å². The van der Waals surface area contributed by atoms with Gasteiger partial charge < -0.3 is 10.6 Å². The quantitative estimate of drug-likeness (QED) is 0.874. The Balaban J connectivity index is 2.04. The van der Waals surface area contributed by atoms with Crippen molar-refractivity contribution in [1.29, 1.82) is 0 Å². The van der Waals surface area contributed by atoms with E-state index in [0.717, 1.165) is 21.3 Å². The predicted octanol–water partition coefficient (Wildman–Crippen LogP) is 3.65. The Hall–Kier alpha value is -2.14. The maximum atomic E-state index is 12.2. The highest BCUT2D eigenvalue weighted by Gasteiger charge is 2.08. The Kier molecular flexibility index (Phi) is 5.33. The third-order valence-electron chi connectivity index (χ3n) is 3.19. The van der Waals surface area contributed by atoms with Gasteiger partial charge in [-0.05, 0) is 48.4 Å². The average molecular weight is 361 g/mol. The Bertz CT molecular complexity index is 696. The number of nitrogens with one attached hydrogen (secondary N) is 2. The van der Waals surface area contributed by atoms with E-state index in [1.165, 1.54) is 6.92 Å². The molecular weight excluding hydrogens is 344 g/mol. The first-order chi connectivity index (χ1) is 10.5. The second-order valence-electron chi connectivity index (χ2n) is 5.02. The molecular formula is C17H17BrN2O2. The van der Waals surface area contributed by atoms with E-state index < -0.39 is 0 Å². The van der Waals surface area contributed by atoms with Gasteiger partial charge in [0.2, 0.25) is 5.91 Å². The Morgan fingerprint density at radius 3 is 2.36 bits per heavy atom. The van der Waals surface area contributed by atoms with Gasteiger partial charge in [0, 0.05) is 29.2 Å². The number of aryl methyl sites for hydroxylation is 1. The maximum Gasteiger partial charge on any atom is 0.255 e. The molecule has 2 aromatic rings. The summed E-state index contributed by atoms with van der Waals surface area (Å²) in [4.78, 5) is 23.1. The van der Waals surface area contributed by atoms with Crippen LogP contribution in [0, 0.1) is 6.92 Å². The van der Waals surface area contributed by atoms with Crippen molar-refractivity contribution in [1.82, 2.24) is 5.32 Å². The molecule has 0 bridgehead atoms. The van der Waals surface area contributed by atoms with Crippen LogP contribution >= 0.6 is 15.9 Å². The fourth-order valence-corrected chi connectivity index (χ4v) is 2.44. The zero-order valence-electron chi connectivity index (χ0n) is 12.4. The van der Waals surface area contributed by atoms with Gasteiger partial charge in [-0.3, -0.25) is 9.59 Å². The smallest absolute Gasteiger partial charge is 0.255 e. The molecule has 0 atom stereocenters. The highest BCUT2D eigenvalue weighted by molar-refractivity contribution is 9.10. The van der Waals surface area contributed by atoms with Crippen molar-refractivity contribution < 1.29 is 9.59 Å². The Morgan fingerprint density at radius 1 is 1.09 bits per heavy atom. The summed E-state index contributed by atoms with van der Waals surface area (Å²) in [6.45, 7) is 3.88. The SMILES string of the molecule is CC(=O)NCc1ccc(C(=O)Nc2ccc(Br)cc2C)cc1. The topological polar surface area (TPSA) is 58.2 Å². The van der Waals surface area contributed by atoms with Gasteiger partial charge >= 0.3 is 0 Å². The van der Waals surface area contributed by atoms with Crippen molar-refractivity contribution in [2.24, 2.45) is 0 Å². The molecule has 2 N–H and O–H groups in total. The monoisotopic (exact) mass is 360 g/mol. The number of amides is 2. The van der Waals surface area contributed by atoms with Crippen LogP contribution in [-0.2, 0) is 11.3 Å². The second-order valence-corrected chi connectivity index (χ2v) is 5.94. The Labute approximate surface area is 138 Å². The van der Waals surface area contributed by atoms with Crippen molar-refractivity contribution in [2.75, 3.05) is 5.32 Å². The van der Waals surface area contributed by atoms with Gasteiger partial charge in [0.05, 0.1) is 0 Å². The largest absolute Gasteiger partial charge is 0.352 e. The summed E-state index contributed by atoms with van der Waals surface area (Å²) in [5.74, 6) is -0.232. The molecule has 2 aromatic carbocycles. The first kappa shape index (κ1) is 16.2. The number of hydrogen-bond donors (Lipinski definition) is 2.